The summed E-state index contributed by atoms with van der Waals surface area (Å²) in [6, 6.07) is 9.46. The fraction of sp³-hybridized carbons (Fsp3) is 0.238. The molecule has 4 aromatic rings. The number of nitrogens with one attached hydrogen (secondary N) is 3. The number of rotatable bonds is 11. The number of benzene rings is 2. The van der Waals surface area contributed by atoms with E-state index in [0.717, 1.165) is 34.1 Å². The standard InChI is InChI=1S/C21H22ClFN6O3S2/c1-2-24-8-9-25-17-10-15(23)7-6-14(17)13-32-19-5-3-4-18-16(19)11-27-29(18)34(30,31)28-21-26-12-20(22)33-21/h3-7,10-12,24-25H,2,8-9,13H2,1H3,(H,26,28). The highest BCUT2D eigenvalue weighted by Gasteiger charge is 2.20. The number of ether oxygens (including phenoxy) is 1. The quantitative estimate of drug-likeness (QED) is 0.253. The Balaban J connectivity index is 1.54. The van der Waals surface area contributed by atoms with Gasteiger partial charge in [-0.05, 0) is 30.8 Å². The van der Waals surface area contributed by atoms with E-state index in [-0.39, 0.29) is 17.6 Å². The molecule has 2 aromatic heterocycles. The van der Waals surface area contributed by atoms with Gasteiger partial charge in [0.1, 0.15) is 22.5 Å². The van der Waals surface area contributed by atoms with Gasteiger partial charge < -0.3 is 15.4 Å². The monoisotopic (exact) mass is 524 g/mol. The molecule has 34 heavy (non-hydrogen) atoms. The van der Waals surface area contributed by atoms with Crippen LogP contribution in [0.2, 0.25) is 4.34 Å². The number of thiazole rings is 1. The molecule has 0 aliphatic heterocycles. The summed E-state index contributed by atoms with van der Waals surface area (Å²) >= 11 is 6.83. The van der Waals surface area contributed by atoms with E-state index < -0.39 is 10.2 Å². The van der Waals surface area contributed by atoms with Crippen molar-refractivity contribution in [1.29, 1.82) is 0 Å². The molecule has 0 saturated carbocycles. The molecule has 0 fully saturated rings. The summed E-state index contributed by atoms with van der Waals surface area (Å²) in [5.74, 6) is 0.0940. The van der Waals surface area contributed by atoms with Crippen LogP contribution < -0.4 is 20.1 Å². The maximum absolute atomic E-state index is 13.8. The minimum atomic E-state index is -4.06. The van der Waals surface area contributed by atoms with Crippen molar-refractivity contribution < 1.29 is 17.5 Å². The van der Waals surface area contributed by atoms with Gasteiger partial charge in [-0.3, -0.25) is 0 Å². The van der Waals surface area contributed by atoms with Gasteiger partial charge in [0.25, 0.3) is 0 Å². The molecule has 13 heteroatoms. The number of fused-ring (bicyclic) bond motifs is 1. The maximum atomic E-state index is 13.8. The van der Waals surface area contributed by atoms with Gasteiger partial charge in [0.2, 0.25) is 0 Å². The Hall–Kier alpha value is -2.93. The van der Waals surface area contributed by atoms with Gasteiger partial charge in [-0.2, -0.15) is 13.5 Å². The first kappa shape index (κ1) is 24.2. The summed E-state index contributed by atoms with van der Waals surface area (Å²) in [6.45, 7) is 4.38. The first-order valence-electron chi connectivity index (χ1n) is 10.3. The summed E-state index contributed by atoms with van der Waals surface area (Å²) in [5.41, 5.74) is 1.72. The Morgan fingerprint density at radius 2 is 2.06 bits per heavy atom. The molecule has 2 heterocycles. The van der Waals surface area contributed by atoms with E-state index >= 15 is 0 Å². The van der Waals surface area contributed by atoms with Gasteiger partial charge in [-0.25, -0.2) is 14.1 Å². The number of likely N-dealkylation sites (N-methyl/N-ethyl adjacent to an activating group) is 1. The molecule has 0 aliphatic rings. The van der Waals surface area contributed by atoms with Gasteiger partial charge >= 0.3 is 10.2 Å². The topological polar surface area (TPSA) is 110 Å². The van der Waals surface area contributed by atoms with Crippen molar-refractivity contribution in [3.05, 3.63) is 64.5 Å². The third-order valence-electron chi connectivity index (χ3n) is 4.78. The predicted molar refractivity (Wildman–Crippen MR) is 133 cm³/mol. The summed E-state index contributed by atoms with van der Waals surface area (Å²) in [4.78, 5) is 3.91. The Morgan fingerprint density at radius 3 is 2.82 bits per heavy atom. The zero-order valence-corrected chi connectivity index (χ0v) is 20.5. The third kappa shape index (κ3) is 5.58. The van der Waals surface area contributed by atoms with Crippen LogP contribution in [0.15, 0.2) is 48.8 Å². The van der Waals surface area contributed by atoms with Crippen molar-refractivity contribution >= 4 is 54.9 Å². The number of anilines is 2. The van der Waals surface area contributed by atoms with E-state index in [9.17, 15) is 12.8 Å². The Labute approximate surface area is 205 Å². The minimum absolute atomic E-state index is 0.131. The normalized spacial score (nSPS) is 11.6. The summed E-state index contributed by atoms with van der Waals surface area (Å²) < 4.78 is 49.0. The van der Waals surface area contributed by atoms with Gasteiger partial charge in [0.05, 0.1) is 23.3 Å². The van der Waals surface area contributed by atoms with Crippen molar-refractivity contribution in [2.75, 3.05) is 29.7 Å². The number of hydrogen-bond acceptors (Lipinski definition) is 8. The van der Waals surface area contributed by atoms with Gasteiger partial charge in [0, 0.05) is 24.3 Å². The lowest BCUT2D eigenvalue weighted by Crippen LogP contribution is -2.22. The summed E-state index contributed by atoms with van der Waals surface area (Å²) in [7, 11) is -4.06. The fourth-order valence-corrected chi connectivity index (χ4v) is 5.33. The van der Waals surface area contributed by atoms with Crippen LogP contribution in [0.3, 0.4) is 0 Å². The Kier molecular flexibility index (Phi) is 7.51. The van der Waals surface area contributed by atoms with Crippen LogP contribution >= 0.6 is 22.9 Å². The van der Waals surface area contributed by atoms with Crippen LogP contribution in [0, 0.1) is 5.82 Å². The summed E-state index contributed by atoms with van der Waals surface area (Å²) in [5, 5.41) is 11.1. The highest BCUT2D eigenvalue weighted by atomic mass is 35.5. The molecule has 3 N–H and O–H groups in total. The fourth-order valence-electron chi connectivity index (χ4n) is 3.23. The molecule has 2 aromatic carbocycles. The first-order chi connectivity index (χ1) is 16.4. The summed E-state index contributed by atoms with van der Waals surface area (Å²) in [6.07, 6.45) is 2.77. The molecule has 0 radical (unpaired) electrons. The lowest BCUT2D eigenvalue weighted by atomic mass is 10.1. The minimum Gasteiger partial charge on any atom is -0.488 e. The molecular formula is C21H22ClFN6O3S2. The molecule has 0 atom stereocenters. The molecule has 0 spiro atoms. The molecule has 4 rings (SSSR count). The second kappa shape index (κ2) is 10.6. The van der Waals surface area contributed by atoms with Gasteiger partial charge in [0.15, 0.2) is 5.13 Å². The van der Waals surface area contributed by atoms with Crippen LogP contribution in [-0.4, -0.2) is 42.2 Å². The molecule has 0 saturated heterocycles. The highest BCUT2D eigenvalue weighted by molar-refractivity contribution is 7.91. The number of nitrogens with zero attached hydrogens (tertiary/aromatic N) is 3. The molecule has 0 aliphatic carbocycles. The third-order valence-corrected chi connectivity index (χ3v) is 7.14. The molecule has 0 bridgehead atoms. The number of hydrogen-bond donors (Lipinski definition) is 3. The predicted octanol–water partition coefficient (Wildman–Crippen LogP) is 4.09. The maximum Gasteiger partial charge on any atom is 0.345 e. The molecule has 9 nitrogen and oxygen atoms in total. The van der Waals surface area contributed by atoms with Gasteiger partial charge in [-0.1, -0.05) is 42.0 Å². The lowest BCUT2D eigenvalue weighted by molar-refractivity contribution is 0.310. The molecular weight excluding hydrogens is 503 g/mol. The SMILES string of the molecule is CCNCCNc1cc(F)ccc1COc1cccc2c1cnn2S(=O)(=O)Nc1ncc(Cl)s1. The second-order valence-corrected chi connectivity index (χ2v) is 10.3. The van der Waals surface area contributed by atoms with E-state index in [0.29, 0.717) is 33.2 Å². The van der Waals surface area contributed by atoms with Crippen molar-refractivity contribution in [2.24, 2.45) is 0 Å². The largest absolute Gasteiger partial charge is 0.488 e. The van der Waals surface area contributed by atoms with Gasteiger partial charge in [-0.15, -0.1) is 4.09 Å². The average Bonchev–Trinajstić information content (AvgIpc) is 3.42. The Bertz CT molecular complexity index is 1390. The smallest absolute Gasteiger partial charge is 0.345 e. The van der Waals surface area contributed by atoms with E-state index in [1.807, 2.05) is 6.92 Å². The van der Waals surface area contributed by atoms with Crippen LogP contribution in [0.1, 0.15) is 12.5 Å². The van der Waals surface area contributed by atoms with E-state index in [1.54, 1.807) is 24.3 Å². The Morgan fingerprint density at radius 1 is 1.21 bits per heavy atom. The van der Waals surface area contributed by atoms with E-state index in [1.165, 1.54) is 24.5 Å². The van der Waals surface area contributed by atoms with Crippen LogP contribution in [0.25, 0.3) is 10.9 Å². The zero-order chi connectivity index (χ0) is 24.1. The van der Waals surface area contributed by atoms with E-state index in [2.05, 4.69) is 25.4 Å². The molecule has 0 amide bonds. The number of aromatic nitrogens is 3. The van der Waals surface area contributed by atoms with Crippen LogP contribution in [0.5, 0.6) is 5.75 Å². The van der Waals surface area contributed by atoms with Crippen LogP contribution in [-0.2, 0) is 16.8 Å². The van der Waals surface area contributed by atoms with Crippen molar-refractivity contribution in [3.63, 3.8) is 0 Å². The van der Waals surface area contributed by atoms with Crippen molar-refractivity contribution in [1.82, 2.24) is 19.5 Å². The second-order valence-electron chi connectivity index (χ2n) is 7.12. The highest BCUT2D eigenvalue weighted by Crippen LogP contribution is 2.29. The molecule has 180 valence electrons. The first-order valence-corrected chi connectivity index (χ1v) is 13.0. The molecule has 0 unspecified atom stereocenters. The lowest BCUT2D eigenvalue weighted by Gasteiger charge is -2.14. The van der Waals surface area contributed by atoms with Crippen molar-refractivity contribution in [3.8, 4) is 5.75 Å². The van der Waals surface area contributed by atoms with Crippen LogP contribution in [0.4, 0.5) is 15.2 Å². The van der Waals surface area contributed by atoms with E-state index in [4.69, 9.17) is 16.3 Å². The van der Waals surface area contributed by atoms with Crippen molar-refractivity contribution in [2.45, 2.75) is 13.5 Å². The average molecular weight is 525 g/mol. The number of halogens is 2. The zero-order valence-electron chi connectivity index (χ0n) is 18.1.